The summed E-state index contributed by atoms with van der Waals surface area (Å²) < 4.78 is 13.8. The van der Waals surface area contributed by atoms with Gasteiger partial charge in [0.2, 0.25) is 5.91 Å². The second kappa shape index (κ2) is 5.21. The van der Waals surface area contributed by atoms with E-state index >= 15 is 0 Å². The molecule has 0 spiro atoms. The van der Waals surface area contributed by atoms with Crippen molar-refractivity contribution in [2.75, 3.05) is 24.5 Å². The Morgan fingerprint density at radius 1 is 1.29 bits per heavy atom. The lowest BCUT2D eigenvalue weighted by atomic mass is 10.2. The predicted octanol–water partition coefficient (Wildman–Crippen LogP) is 2.46. The van der Waals surface area contributed by atoms with Gasteiger partial charge in [-0.1, -0.05) is 23.2 Å². The highest BCUT2D eigenvalue weighted by molar-refractivity contribution is 6.42. The largest absolute Gasteiger partial charge is 0.308 e. The molecule has 1 N–H and O–H groups in total. The minimum Gasteiger partial charge on any atom is -0.308 e. The Hall–Kier alpha value is -0.840. The van der Waals surface area contributed by atoms with Crippen molar-refractivity contribution in [3.63, 3.8) is 0 Å². The van der Waals surface area contributed by atoms with E-state index in [2.05, 4.69) is 5.32 Å². The van der Waals surface area contributed by atoms with Gasteiger partial charge < -0.3 is 10.2 Å². The summed E-state index contributed by atoms with van der Waals surface area (Å²) in [5, 5.41) is 3.36. The smallest absolute Gasteiger partial charge is 0.241 e. The second-order valence-corrected chi connectivity index (χ2v) is 4.61. The van der Waals surface area contributed by atoms with Crippen molar-refractivity contribution in [2.45, 2.75) is 6.42 Å². The van der Waals surface area contributed by atoms with E-state index in [0.717, 1.165) is 19.0 Å². The highest BCUT2D eigenvalue weighted by atomic mass is 35.5. The molecular formula is C11H11Cl2FN2O. The molecule has 1 aliphatic heterocycles. The normalized spacial score (nSPS) is 17.1. The van der Waals surface area contributed by atoms with Crippen molar-refractivity contribution in [1.29, 1.82) is 0 Å². The first-order valence-corrected chi connectivity index (χ1v) is 6.01. The van der Waals surface area contributed by atoms with Crippen molar-refractivity contribution in [2.24, 2.45) is 0 Å². The van der Waals surface area contributed by atoms with Crippen LogP contribution < -0.4 is 10.2 Å². The molecule has 1 aromatic carbocycles. The molecule has 17 heavy (non-hydrogen) atoms. The monoisotopic (exact) mass is 276 g/mol. The Kier molecular flexibility index (Phi) is 3.86. The van der Waals surface area contributed by atoms with Crippen LogP contribution in [0, 0.1) is 5.82 Å². The maximum Gasteiger partial charge on any atom is 0.241 e. The third-order valence-corrected chi connectivity index (χ3v) is 3.32. The summed E-state index contributed by atoms with van der Waals surface area (Å²) in [4.78, 5) is 13.2. The van der Waals surface area contributed by atoms with Crippen LogP contribution in [0.15, 0.2) is 12.1 Å². The number of rotatable bonds is 1. The second-order valence-electron chi connectivity index (χ2n) is 3.79. The molecule has 1 aliphatic rings. The molecule has 1 aromatic rings. The Balaban J connectivity index is 2.37. The third-order valence-electron chi connectivity index (χ3n) is 2.59. The average Bonchev–Trinajstić information content (AvgIpc) is 2.49. The van der Waals surface area contributed by atoms with Gasteiger partial charge in [-0.05, 0) is 25.1 Å². The lowest BCUT2D eigenvalue weighted by Crippen LogP contribution is -2.35. The first kappa shape index (κ1) is 12.6. The summed E-state index contributed by atoms with van der Waals surface area (Å²) in [6.07, 6.45) is 0.769. The standard InChI is InChI=1S/C11H11Cl2FN2O/c12-7-4-9(14)10(5-8(7)13)16-3-1-2-15-6-11(16)17/h4-5,15H,1-3,6H2. The third kappa shape index (κ3) is 2.70. The molecule has 1 amide bonds. The van der Waals surface area contributed by atoms with E-state index in [9.17, 15) is 9.18 Å². The quantitative estimate of drug-likeness (QED) is 0.800. The van der Waals surface area contributed by atoms with E-state index in [1.165, 1.54) is 11.0 Å². The molecule has 0 aromatic heterocycles. The van der Waals surface area contributed by atoms with Gasteiger partial charge in [0.25, 0.3) is 0 Å². The molecule has 0 bridgehead atoms. The van der Waals surface area contributed by atoms with Crippen molar-refractivity contribution in [1.82, 2.24) is 5.32 Å². The lowest BCUT2D eigenvalue weighted by molar-refractivity contribution is -0.117. The number of halogens is 3. The van der Waals surface area contributed by atoms with E-state index in [1.54, 1.807) is 0 Å². The Morgan fingerprint density at radius 3 is 2.76 bits per heavy atom. The van der Waals surface area contributed by atoms with E-state index in [0.29, 0.717) is 6.54 Å². The van der Waals surface area contributed by atoms with Crippen LogP contribution in [-0.4, -0.2) is 25.5 Å². The van der Waals surface area contributed by atoms with Gasteiger partial charge in [0.1, 0.15) is 5.82 Å². The molecule has 92 valence electrons. The first-order chi connectivity index (χ1) is 8.09. The van der Waals surface area contributed by atoms with E-state index in [1.807, 2.05) is 0 Å². The zero-order valence-corrected chi connectivity index (χ0v) is 10.5. The van der Waals surface area contributed by atoms with Crippen LogP contribution in [-0.2, 0) is 4.79 Å². The molecule has 0 atom stereocenters. The summed E-state index contributed by atoms with van der Waals surface area (Å²) in [6.45, 7) is 1.42. The number of nitrogens with zero attached hydrogens (tertiary/aromatic N) is 1. The minimum absolute atomic E-state index is 0.147. The van der Waals surface area contributed by atoms with E-state index in [4.69, 9.17) is 23.2 Å². The number of carbonyl (C=O) groups is 1. The van der Waals surface area contributed by atoms with E-state index in [-0.39, 0.29) is 28.2 Å². The van der Waals surface area contributed by atoms with Gasteiger partial charge in [-0.15, -0.1) is 0 Å². The molecule has 0 saturated carbocycles. The fraction of sp³-hybridized carbons (Fsp3) is 0.364. The van der Waals surface area contributed by atoms with Gasteiger partial charge in [0, 0.05) is 6.54 Å². The zero-order chi connectivity index (χ0) is 12.4. The molecule has 0 aliphatic carbocycles. The lowest BCUT2D eigenvalue weighted by Gasteiger charge is -2.21. The van der Waals surface area contributed by atoms with Gasteiger partial charge in [-0.25, -0.2) is 4.39 Å². The first-order valence-electron chi connectivity index (χ1n) is 5.25. The highest BCUT2D eigenvalue weighted by Crippen LogP contribution is 2.30. The summed E-state index contributed by atoms with van der Waals surface area (Å²) in [7, 11) is 0. The number of benzene rings is 1. The number of hydrogen-bond acceptors (Lipinski definition) is 2. The van der Waals surface area contributed by atoms with Crippen LogP contribution >= 0.6 is 23.2 Å². The molecule has 3 nitrogen and oxygen atoms in total. The van der Waals surface area contributed by atoms with Gasteiger partial charge in [-0.3, -0.25) is 4.79 Å². The van der Waals surface area contributed by atoms with Crippen molar-refractivity contribution >= 4 is 34.8 Å². The Labute approximate surface area is 108 Å². The molecule has 1 heterocycles. The number of amides is 1. The van der Waals surface area contributed by atoms with Crippen LogP contribution in [0.2, 0.25) is 10.0 Å². The van der Waals surface area contributed by atoms with Crippen molar-refractivity contribution < 1.29 is 9.18 Å². The Bertz CT molecular complexity index is 453. The molecular weight excluding hydrogens is 266 g/mol. The maximum atomic E-state index is 13.8. The zero-order valence-electron chi connectivity index (χ0n) is 8.97. The summed E-state index contributed by atoms with van der Waals surface area (Å²) >= 11 is 11.5. The van der Waals surface area contributed by atoms with Crippen LogP contribution in [0.4, 0.5) is 10.1 Å². The SMILES string of the molecule is O=C1CNCCCN1c1cc(Cl)c(Cl)cc1F. The van der Waals surface area contributed by atoms with Crippen LogP contribution in [0.5, 0.6) is 0 Å². The number of anilines is 1. The number of carbonyl (C=O) groups excluding carboxylic acids is 1. The summed E-state index contributed by atoms with van der Waals surface area (Å²) in [6, 6.07) is 2.52. The van der Waals surface area contributed by atoms with Gasteiger partial charge in [0.05, 0.1) is 22.3 Å². The van der Waals surface area contributed by atoms with Crippen molar-refractivity contribution in [3.8, 4) is 0 Å². The molecule has 0 radical (unpaired) electrons. The van der Waals surface area contributed by atoms with E-state index < -0.39 is 5.82 Å². The van der Waals surface area contributed by atoms with Gasteiger partial charge in [0.15, 0.2) is 0 Å². The topological polar surface area (TPSA) is 32.3 Å². The highest BCUT2D eigenvalue weighted by Gasteiger charge is 2.21. The molecule has 6 heteroatoms. The fourth-order valence-corrected chi connectivity index (χ4v) is 2.06. The Morgan fingerprint density at radius 2 is 2.00 bits per heavy atom. The van der Waals surface area contributed by atoms with Gasteiger partial charge in [-0.2, -0.15) is 0 Å². The molecule has 2 rings (SSSR count). The predicted molar refractivity (Wildman–Crippen MR) is 66.3 cm³/mol. The molecule has 0 unspecified atom stereocenters. The minimum atomic E-state index is -0.533. The number of nitrogens with one attached hydrogen (secondary N) is 1. The maximum absolute atomic E-state index is 13.8. The van der Waals surface area contributed by atoms with Crippen molar-refractivity contribution in [3.05, 3.63) is 28.0 Å². The van der Waals surface area contributed by atoms with Crippen LogP contribution in [0.1, 0.15) is 6.42 Å². The molecule has 1 saturated heterocycles. The summed E-state index contributed by atoms with van der Waals surface area (Å²) in [5.74, 6) is -0.700. The molecule has 1 fully saturated rings. The average molecular weight is 277 g/mol. The fourth-order valence-electron chi connectivity index (χ4n) is 1.75. The summed E-state index contributed by atoms with van der Waals surface area (Å²) in [5.41, 5.74) is 0.188. The van der Waals surface area contributed by atoms with Crippen LogP contribution in [0.25, 0.3) is 0 Å². The van der Waals surface area contributed by atoms with Crippen LogP contribution in [0.3, 0.4) is 0 Å². The number of hydrogen-bond donors (Lipinski definition) is 1. The van der Waals surface area contributed by atoms with Gasteiger partial charge >= 0.3 is 0 Å².